The molecule has 144 valence electrons. The van der Waals surface area contributed by atoms with E-state index in [0.717, 1.165) is 11.8 Å². The second kappa shape index (κ2) is 8.02. The maximum absolute atomic E-state index is 11.8. The lowest BCUT2D eigenvalue weighted by molar-refractivity contribution is -0.143. The van der Waals surface area contributed by atoms with Crippen LogP contribution in [0, 0.1) is 5.92 Å². The number of nitrogens with zero attached hydrogens (tertiary/aromatic N) is 1. The van der Waals surface area contributed by atoms with Crippen LogP contribution in [0.4, 0.5) is 0 Å². The van der Waals surface area contributed by atoms with Gasteiger partial charge >= 0.3 is 5.97 Å². The van der Waals surface area contributed by atoms with Gasteiger partial charge < -0.3 is 14.3 Å². The predicted molar refractivity (Wildman–Crippen MR) is 105 cm³/mol. The third-order valence-corrected chi connectivity index (χ3v) is 10.4. The summed E-state index contributed by atoms with van der Waals surface area (Å²) in [6.45, 7) is 11.8. The molecule has 1 aromatic rings. The molecule has 6 heteroatoms. The second-order valence-electron chi connectivity index (χ2n) is 8.71. The molecule has 1 aromatic carbocycles. The molecule has 2 rings (SSSR count). The summed E-state index contributed by atoms with van der Waals surface area (Å²) < 4.78 is 6.30. The Balaban J connectivity index is 2.16. The van der Waals surface area contributed by atoms with Crippen LogP contribution in [0.2, 0.25) is 18.1 Å². The van der Waals surface area contributed by atoms with E-state index in [2.05, 4.69) is 33.9 Å². The Morgan fingerprint density at radius 2 is 1.92 bits per heavy atom. The van der Waals surface area contributed by atoms with Gasteiger partial charge in [0.2, 0.25) is 0 Å². The summed E-state index contributed by atoms with van der Waals surface area (Å²) in [5, 5.41) is 9.74. The van der Waals surface area contributed by atoms with E-state index in [1.54, 1.807) is 0 Å². The number of hydrogen-bond donors (Lipinski definition) is 1. The number of carbonyl (C=O) groups is 2. The zero-order valence-electron chi connectivity index (χ0n) is 16.4. The molecule has 26 heavy (non-hydrogen) atoms. The van der Waals surface area contributed by atoms with E-state index in [4.69, 9.17) is 4.43 Å². The van der Waals surface area contributed by atoms with Gasteiger partial charge in [-0.15, -0.1) is 0 Å². The SMILES string of the molecule is CC(C)(C)[Si](C)(C)OCC1CC(C(=O)O)N(Cc2ccccc2)C1C=O. The molecular weight excluding hydrogens is 346 g/mol. The number of carboxylic acid groups (broad SMARTS) is 1. The van der Waals surface area contributed by atoms with Crippen molar-refractivity contribution >= 4 is 20.6 Å². The van der Waals surface area contributed by atoms with Crippen molar-refractivity contribution in [2.45, 2.75) is 64.0 Å². The molecular formula is C20H31NO4Si. The van der Waals surface area contributed by atoms with Crippen LogP contribution in [-0.2, 0) is 20.6 Å². The molecule has 0 saturated carbocycles. The molecule has 1 N–H and O–H groups in total. The normalized spacial score (nSPS) is 24.6. The first-order chi connectivity index (χ1) is 12.1. The highest BCUT2D eigenvalue weighted by Gasteiger charge is 2.46. The highest BCUT2D eigenvalue weighted by atomic mass is 28.4. The molecule has 1 fully saturated rings. The summed E-state index contributed by atoms with van der Waals surface area (Å²) in [6, 6.07) is 8.61. The van der Waals surface area contributed by atoms with Crippen LogP contribution in [0.25, 0.3) is 0 Å². The van der Waals surface area contributed by atoms with E-state index in [1.807, 2.05) is 35.2 Å². The third-order valence-electron chi connectivity index (χ3n) is 5.89. The van der Waals surface area contributed by atoms with Crippen LogP contribution < -0.4 is 0 Å². The Kier molecular flexibility index (Phi) is 6.42. The lowest BCUT2D eigenvalue weighted by Gasteiger charge is -2.37. The number of benzene rings is 1. The summed E-state index contributed by atoms with van der Waals surface area (Å²) in [5.41, 5.74) is 1.01. The lowest BCUT2D eigenvalue weighted by atomic mass is 10.0. The average molecular weight is 378 g/mol. The molecule has 1 aliphatic rings. The Labute approximate surface area is 157 Å². The number of hydrogen-bond acceptors (Lipinski definition) is 4. The zero-order valence-corrected chi connectivity index (χ0v) is 17.4. The van der Waals surface area contributed by atoms with Gasteiger partial charge in [0.05, 0.1) is 6.04 Å². The molecule has 0 aromatic heterocycles. The Morgan fingerprint density at radius 1 is 1.31 bits per heavy atom. The Bertz CT molecular complexity index is 626. The monoisotopic (exact) mass is 377 g/mol. The second-order valence-corrected chi connectivity index (χ2v) is 13.5. The van der Waals surface area contributed by atoms with Crippen LogP contribution >= 0.6 is 0 Å². The minimum absolute atomic E-state index is 0.0816. The number of aliphatic carboxylic acids is 1. The average Bonchev–Trinajstić information content (AvgIpc) is 2.90. The standard InChI is InChI=1S/C20H31NO4Si/c1-20(2,3)26(4,5)25-14-16-11-17(19(23)24)21(18(16)13-22)12-15-9-7-6-8-10-15/h6-10,13,16-18H,11-12,14H2,1-5H3,(H,23,24). The van der Waals surface area contributed by atoms with E-state index in [0.29, 0.717) is 19.6 Å². The van der Waals surface area contributed by atoms with Crippen molar-refractivity contribution in [3.8, 4) is 0 Å². The van der Waals surface area contributed by atoms with E-state index in [1.165, 1.54) is 0 Å². The number of carbonyl (C=O) groups excluding carboxylic acids is 1. The van der Waals surface area contributed by atoms with Gasteiger partial charge in [0.25, 0.3) is 0 Å². The van der Waals surface area contributed by atoms with Gasteiger partial charge in [0.15, 0.2) is 8.32 Å². The first kappa shape index (κ1) is 20.8. The first-order valence-electron chi connectivity index (χ1n) is 9.18. The molecule has 0 bridgehead atoms. The van der Waals surface area contributed by atoms with Gasteiger partial charge in [-0.25, -0.2) is 0 Å². The van der Waals surface area contributed by atoms with Crippen molar-refractivity contribution in [3.05, 3.63) is 35.9 Å². The van der Waals surface area contributed by atoms with Crippen LogP contribution in [0.5, 0.6) is 0 Å². The van der Waals surface area contributed by atoms with Crippen molar-refractivity contribution in [2.24, 2.45) is 5.92 Å². The van der Waals surface area contributed by atoms with Crippen LogP contribution in [0.1, 0.15) is 32.8 Å². The van der Waals surface area contributed by atoms with Gasteiger partial charge in [-0.1, -0.05) is 51.1 Å². The van der Waals surface area contributed by atoms with Gasteiger partial charge in [0, 0.05) is 19.1 Å². The molecule has 1 aliphatic heterocycles. The molecule has 3 unspecified atom stereocenters. The summed E-state index contributed by atoms with van der Waals surface area (Å²) in [7, 11) is -1.94. The third kappa shape index (κ3) is 4.61. The minimum Gasteiger partial charge on any atom is -0.480 e. The van der Waals surface area contributed by atoms with Gasteiger partial charge in [-0.2, -0.15) is 0 Å². The fourth-order valence-electron chi connectivity index (χ4n) is 3.18. The van der Waals surface area contributed by atoms with Crippen molar-refractivity contribution in [1.82, 2.24) is 4.90 Å². The summed E-state index contributed by atoms with van der Waals surface area (Å²) >= 11 is 0. The lowest BCUT2D eigenvalue weighted by Crippen LogP contribution is -2.44. The smallest absolute Gasteiger partial charge is 0.320 e. The van der Waals surface area contributed by atoms with Gasteiger partial charge in [-0.05, 0) is 30.1 Å². The van der Waals surface area contributed by atoms with Crippen LogP contribution in [-0.4, -0.2) is 49.3 Å². The summed E-state index contributed by atoms with van der Waals surface area (Å²) in [4.78, 5) is 25.4. The highest BCUT2D eigenvalue weighted by Crippen LogP contribution is 2.38. The fourth-order valence-corrected chi connectivity index (χ4v) is 4.24. The number of carboxylic acids is 1. The molecule has 1 saturated heterocycles. The van der Waals surface area contributed by atoms with Crippen molar-refractivity contribution in [2.75, 3.05) is 6.61 Å². The van der Waals surface area contributed by atoms with Gasteiger partial charge in [-0.3, -0.25) is 9.69 Å². The topological polar surface area (TPSA) is 66.8 Å². The van der Waals surface area contributed by atoms with Crippen molar-refractivity contribution < 1.29 is 19.1 Å². The molecule has 1 heterocycles. The summed E-state index contributed by atoms with van der Waals surface area (Å²) in [6.07, 6.45) is 1.34. The minimum atomic E-state index is -1.94. The largest absolute Gasteiger partial charge is 0.480 e. The number of aldehydes is 1. The zero-order chi connectivity index (χ0) is 19.5. The molecule has 5 nitrogen and oxygen atoms in total. The van der Waals surface area contributed by atoms with E-state index < -0.39 is 26.4 Å². The maximum Gasteiger partial charge on any atom is 0.320 e. The maximum atomic E-state index is 11.8. The summed E-state index contributed by atoms with van der Waals surface area (Å²) in [5.74, 6) is -0.964. The molecule has 0 amide bonds. The Morgan fingerprint density at radius 3 is 2.42 bits per heavy atom. The molecule has 3 atom stereocenters. The van der Waals surface area contributed by atoms with E-state index in [9.17, 15) is 14.7 Å². The number of likely N-dealkylation sites (tertiary alicyclic amines) is 1. The number of rotatable bonds is 7. The predicted octanol–water partition coefficient (Wildman–Crippen LogP) is 3.55. The quantitative estimate of drug-likeness (QED) is 0.581. The van der Waals surface area contributed by atoms with Crippen molar-refractivity contribution in [3.63, 3.8) is 0 Å². The van der Waals surface area contributed by atoms with E-state index >= 15 is 0 Å². The Hall–Kier alpha value is -1.50. The first-order valence-corrected chi connectivity index (χ1v) is 12.1. The van der Waals surface area contributed by atoms with Crippen LogP contribution in [0.3, 0.4) is 0 Å². The van der Waals surface area contributed by atoms with Crippen LogP contribution in [0.15, 0.2) is 30.3 Å². The highest BCUT2D eigenvalue weighted by molar-refractivity contribution is 6.74. The van der Waals surface area contributed by atoms with E-state index in [-0.39, 0.29) is 11.0 Å². The molecule has 0 radical (unpaired) electrons. The van der Waals surface area contributed by atoms with Crippen molar-refractivity contribution in [1.29, 1.82) is 0 Å². The molecule has 0 aliphatic carbocycles. The fraction of sp³-hybridized carbons (Fsp3) is 0.600. The molecule has 0 spiro atoms. The van der Waals surface area contributed by atoms with Gasteiger partial charge in [0.1, 0.15) is 12.3 Å².